The predicted molar refractivity (Wildman–Crippen MR) is 129 cm³/mol. The molecule has 3 aromatic carbocycles. The normalized spacial score (nSPS) is 12.9. The van der Waals surface area contributed by atoms with Crippen molar-refractivity contribution in [3.05, 3.63) is 89.2 Å². The maximum atomic E-state index is 14.5. The first kappa shape index (κ1) is 23.9. The number of aliphatic carboxylic acids is 1. The third kappa shape index (κ3) is 5.48. The van der Waals surface area contributed by atoms with E-state index in [2.05, 4.69) is 10.6 Å². The van der Waals surface area contributed by atoms with Crippen LogP contribution in [0.4, 0.5) is 14.9 Å². The molecule has 2 amide bonds. The number of fused-ring (bicyclic) bond motifs is 3. The van der Waals surface area contributed by atoms with Gasteiger partial charge < -0.3 is 15.2 Å². The molecule has 0 spiro atoms. The van der Waals surface area contributed by atoms with E-state index >= 15 is 0 Å². The van der Waals surface area contributed by atoms with Crippen LogP contribution in [0.1, 0.15) is 47.2 Å². The Morgan fingerprint density at radius 2 is 1.63 bits per heavy atom. The molecule has 1 aliphatic rings. The second-order valence-corrected chi connectivity index (χ2v) is 8.45. The largest absolute Gasteiger partial charge is 0.481 e. The van der Waals surface area contributed by atoms with Crippen LogP contribution in [-0.2, 0) is 9.53 Å². The Balaban J connectivity index is 1.36. The van der Waals surface area contributed by atoms with Gasteiger partial charge in [-0.15, -0.1) is 0 Å². The Kier molecular flexibility index (Phi) is 7.10. The van der Waals surface area contributed by atoms with E-state index in [9.17, 15) is 18.8 Å². The Hall–Kier alpha value is -4.20. The SMILES string of the molecule is CC(CCC(=O)O)NC(=O)c1ccc(NC(=O)OCC2c3ccccc3-c3ccccc32)cc1F. The number of carbonyl (C=O) groups is 3. The number of carbonyl (C=O) groups excluding carboxylic acids is 2. The Bertz CT molecular complexity index is 1230. The van der Waals surface area contributed by atoms with E-state index in [1.54, 1.807) is 6.92 Å². The van der Waals surface area contributed by atoms with Crippen LogP contribution in [0.25, 0.3) is 11.1 Å². The van der Waals surface area contributed by atoms with Gasteiger partial charge in [-0.2, -0.15) is 0 Å². The summed E-state index contributed by atoms with van der Waals surface area (Å²) < 4.78 is 20.0. The zero-order chi connectivity index (χ0) is 24.9. The van der Waals surface area contributed by atoms with E-state index in [1.165, 1.54) is 12.1 Å². The van der Waals surface area contributed by atoms with Gasteiger partial charge >= 0.3 is 12.1 Å². The molecule has 7 nitrogen and oxygen atoms in total. The van der Waals surface area contributed by atoms with Gasteiger partial charge in [0.2, 0.25) is 0 Å². The topological polar surface area (TPSA) is 105 Å². The maximum Gasteiger partial charge on any atom is 0.411 e. The van der Waals surface area contributed by atoms with Crippen molar-refractivity contribution in [3.8, 4) is 11.1 Å². The quantitative estimate of drug-likeness (QED) is 0.416. The van der Waals surface area contributed by atoms with E-state index in [0.717, 1.165) is 28.3 Å². The number of amides is 2. The van der Waals surface area contributed by atoms with E-state index in [4.69, 9.17) is 9.84 Å². The smallest absolute Gasteiger partial charge is 0.411 e. The second-order valence-electron chi connectivity index (χ2n) is 8.45. The molecule has 8 heteroatoms. The van der Waals surface area contributed by atoms with E-state index < -0.39 is 29.8 Å². The molecule has 1 atom stereocenters. The van der Waals surface area contributed by atoms with Crippen molar-refractivity contribution in [2.45, 2.75) is 31.7 Å². The van der Waals surface area contributed by atoms with Crippen molar-refractivity contribution < 1.29 is 28.6 Å². The second kappa shape index (κ2) is 10.4. The van der Waals surface area contributed by atoms with Gasteiger partial charge in [-0.25, -0.2) is 9.18 Å². The lowest BCUT2D eigenvalue weighted by molar-refractivity contribution is -0.137. The van der Waals surface area contributed by atoms with Gasteiger partial charge in [0, 0.05) is 24.1 Å². The van der Waals surface area contributed by atoms with E-state index in [1.807, 2.05) is 48.5 Å². The number of ether oxygens (including phenoxy) is 1. The minimum absolute atomic E-state index is 0.0981. The van der Waals surface area contributed by atoms with Gasteiger partial charge in [-0.05, 0) is 53.8 Å². The van der Waals surface area contributed by atoms with Crippen LogP contribution in [0, 0.1) is 5.82 Å². The molecular weight excluding hydrogens is 451 g/mol. The highest BCUT2D eigenvalue weighted by atomic mass is 19.1. The molecule has 1 aliphatic carbocycles. The van der Waals surface area contributed by atoms with Crippen LogP contribution < -0.4 is 10.6 Å². The average molecular weight is 477 g/mol. The van der Waals surface area contributed by atoms with Crippen LogP contribution in [0.2, 0.25) is 0 Å². The Morgan fingerprint density at radius 3 is 2.23 bits per heavy atom. The highest BCUT2D eigenvalue weighted by Gasteiger charge is 2.29. The fourth-order valence-electron chi connectivity index (χ4n) is 4.24. The van der Waals surface area contributed by atoms with E-state index in [0.29, 0.717) is 0 Å². The van der Waals surface area contributed by atoms with Gasteiger partial charge in [-0.3, -0.25) is 14.9 Å². The number of anilines is 1. The molecule has 0 saturated heterocycles. The summed E-state index contributed by atoms with van der Waals surface area (Å²) in [6, 6.07) is 19.2. The molecule has 0 heterocycles. The van der Waals surface area contributed by atoms with Crippen molar-refractivity contribution >= 4 is 23.7 Å². The summed E-state index contributed by atoms with van der Waals surface area (Å²) in [6.45, 7) is 1.77. The fraction of sp³-hybridized carbons (Fsp3) is 0.222. The van der Waals surface area contributed by atoms with Crippen molar-refractivity contribution in [2.75, 3.05) is 11.9 Å². The number of carboxylic acid groups (broad SMARTS) is 1. The predicted octanol–water partition coefficient (Wildman–Crippen LogP) is 5.17. The Morgan fingerprint density at radius 1 is 1.00 bits per heavy atom. The average Bonchev–Trinajstić information content (AvgIpc) is 3.15. The van der Waals surface area contributed by atoms with Crippen molar-refractivity contribution in [1.82, 2.24) is 5.32 Å². The minimum Gasteiger partial charge on any atom is -0.481 e. The molecule has 4 rings (SSSR count). The highest BCUT2D eigenvalue weighted by molar-refractivity contribution is 5.95. The van der Waals surface area contributed by atoms with Gasteiger partial charge in [0.25, 0.3) is 5.91 Å². The molecule has 3 N–H and O–H groups in total. The molecule has 0 aromatic heterocycles. The molecule has 0 saturated carbocycles. The van der Waals surface area contributed by atoms with Crippen molar-refractivity contribution in [1.29, 1.82) is 0 Å². The molecule has 0 aliphatic heterocycles. The summed E-state index contributed by atoms with van der Waals surface area (Å²) in [5, 5.41) is 13.8. The number of benzene rings is 3. The third-order valence-electron chi connectivity index (χ3n) is 5.97. The van der Waals surface area contributed by atoms with Gasteiger partial charge in [-0.1, -0.05) is 48.5 Å². The molecule has 0 radical (unpaired) electrons. The highest BCUT2D eigenvalue weighted by Crippen LogP contribution is 2.44. The number of hydrogen-bond acceptors (Lipinski definition) is 4. The lowest BCUT2D eigenvalue weighted by atomic mass is 9.98. The number of rotatable bonds is 8. The van der Waals surface area contributed by atoms with Gasteiger partial charge in [0.1, 0.15) is 12.4 Å². The van der Waals surface area contributed by atoms with Gasteiger partial charge in [0.15, 0.2) is 0 Å². The first-order valence-corrected chi connectivity index (χ1v) is 11.3. The zero-order valence-electron chi connectivity index (χ0n) is 19.1. The van der Waals surface area contributed by atoms with Gasteiger partial charge in [0.05, 0.1) is 5.56 Å². The maximum absolute atomic E-state index is 14.5. The molecular formula is C27H25FN2O5. The monoisotopic (exact) mass is 476 g/mol. The number of carboxylic acids is 1. The summed E-state index contributed by atoms with van der Waals surface area (Å²) in [6.07, 6.45) is -0.609. The van der Waals surface area contributed by atoms with Crippen LogP contribution in [-0.4, -0.2) is 35.7 Å². The summed E-state index contributed by atoms with van der Waals surface area (Å²) in [5.74, 6) is -2.54. The zero-order valence-corrected chi connectivity index (χ0v) is 19.1. The molecule has 0 bridgehead atoms. The van der Waals surface area contributed by atoms with Crippen molar-refractivity contribution in [3.63, 3.8) is 0 Å². The number of hydrogen-bond donors (Lipinski definition) is 3. The molecule has 180 valence electrons. The Labute approximate surface area is 201 Å². The van der Waals surface area contributed by atoms with Crippen molar-refractivity contribution in [2.24, 2.45) is 0 Å². The number of halogens is 1. The fourth-order valence-corrected chi connectivity index (χ4v) is 4.24. The minimum atomic E-state index is -0.971. The summed E-state index contributed by atoms with van der Waals surface area (Å²) in [5.41, 5.74) is 4.34. The van der Waals surface area contributed by atoms with Crippen LogP contribution >= 0.6 is 0 Å². The molecule has 1 unspecified atom stereocenters. The van der Waals surface area contributed by atoms with Crippen LogP contribution in [0.15, 0.2) is 66.7 Å². The summed E-state index contributed by atoms with van der Waals surface area (Å²) in [7, 11) is 0. The molecule has 3 aromatic rings. The summed E-state index contributed by atoms with van der Waals surface area (Å²) in [4.78, 5) is 35.4. The lowest BCUT2D eigenvalue weighted by Crippen LogP contribution is -2.33. The van der Waals surface area contributed by atoms with Crippen LogP contribution in [0.3, 0.4) is 0 Å². The van der Waals surface area contributed by atoms with E-state index in [-0.39, 0.29) is 36.6 Å². The number of nitrogens with one attached hydrogen (secondary N) is 2. The molecule has 35 heavy (non-hydrogen) atoms. The first-order valence-electron chi connectivity index (χ1n) is 11.3. The standard InChI is InChI=1S/C27H25FN2O5/c1-16(10-13-25(31)32)29-26(33)22-12-11-17(14-24(22)28)30-27(34)35-15-23-20-8-4-2-6-18(20)19-7-3-5-9-21(19)23/h2-9,11-12,14,16,23H,10,13,15H2,1H3,(H,29,33)(H,30,34)(H,31,32). The summed E-state index contributed by atoms with van der Waals surface area (Å²) >= 11 is 0. The van der Waals surface area contributed by atoms with Crippen LogP contribution in [0.5, 0.6) is 0 Å². The molecule has 0 fully saturated rings. The third-order valence-corrected chi connectivity index (χ3v) is 5.97. The first-order chi connectivity index (χ1) is 16.8. The lowest BCUT2D eigenvalue weighted by Gasteiger charge is -2.15.